The summed E-state index contributed by atoms with van der Waals surface area (Å²) in [5.74, 6) is 1.14. The Morgan fingerprint density at radius 3 is 3.00 bits per heavy atom. The molecule has 0 spiro atoms. The lowest BCUT2D eigenvalue weighted by Gasteiger charge is -2.12. The van der Waals surface area contributed by atoms with Gasteiger partial charge in [-0.3, -0.25) is 9.69 Å². The summed E-state index contributed by atoms with van der Waals surface area (Å²) in [5, 5.41) is 12.7. The van der Waals surface area contributed by atoms with Crippen LogP contribution in [0.15, 0.2) is 4.52 Å². The SMILES string of the molecule is CC(C)c1noc(CN2CCC(CC(=O)O)C2)n1. The van der Waals surface area contributed by atoms with Crippen molar-refractivity contribution in [3.8, 4) is 0 Å². The first-order chi connectivity index (χ1) is 8.54. The van der Waals surface area contributed by atoms with Gasteiger partial charge in [0.05, 0.1) is 6.54 Å². The predicted octanol–water partition coefficient (Wildman–Crippen LogP) is 1.49. The van der Waals surface area contributed by atoms with Crippen molar-refractivity contribution >= 4 is 5.97 Å². The van der Waals surface area contributed by atoms with Crippen LogP contribution in [0.2, 0.25) is 0 Å². The molecule has 6 nitrogen and oxygen atoms in total. The highest BCUT2D eigenvalue weighted by atomic mass is 16.5. The first-order valence-electron chi connectivity index (χ1n) is 6.31. The van der Waals surface area contributed by atoms with E-state index in [4.69, 9.17) is 9.63 Å². The van der Waals surface area contributed by atoms with Gasteiger partial charge in [0.2, 0.25) is 5.89 Å². The number of hydrogen-bond acceptors (Lipinski definition) is 5. The minimum Gasteiger partial charge on any atom is -0.481 e. The van der Waals surface area contributed by atoms with Gasteiger partial charge in [-0.25, -0.2) is 0 Å². The molecule has 0 radical (unpaired) electrons. The Kier molecular flexibility index (Phi) is 3.96. The molecule has 1 unspecified atom stereocenters. The van der Waals surface area contributed by atoms with Gasteiger partial charge >= 0.3 is 5.97 Å². The molecule has 1 aromatic heterocycles. The van der Waals surface area contributed by atoms with Gasteiger partial charge in [0.15, 0.2) is 5.82 Å². The van der Waals surface area contributed by atoms with Crippen LogP contribution in [-0.2, 0) is 11.3 Å². The number of carbonyl (C=O) groups is 1. The van der Waals surface area contributed by atoms with E-state index < -0.39 is 5.97 Å². The first kappa shape index (κ1) is 13.0. The van der Waals surface area contributed by atoms with Crippen molar-refractivity contribution in [1.29, 1.82) is 0 Å². The molecule has 0 bridgehead atoms. The number of carboxylic acids is 1. The second kappa shape index (κ2) is 5.48. The van der Waals surface area contributed by atoms with Crippen molar-refractivity contribution in [2.75, 3.05) is 13.1 Å². The molecule has 1 aliphatic rings. The van der Waals surface area contributed by atoms with Gasteiger partial charge in [-0.05, 0) is 18.9 Å². The number of aromatic nitrogens is 2. The zero-order chi connectivity index (χ0) is 13.1. The van der Waals surface area contributed by atoms with Gasteiger partial charge < -0.3 is 9.63 Å². The molecule has 1 aliphatic heterocycles. The Morgan fingerprint density at radius 2 is 2.39 bits per heavy atom. The Morgan fingerprint density at radius 1 is 1.61 bits per heavy atom. The van der Waals surface area contributed by atoms with Crippen LogP contribution in [0.4, 0.5) is 0 Å². The Hall–Kier alpha value is -1.43. The maximum Gasteiger partial charge on any atom is 0.303 e. The topological polar surface area (TPSA) is 79.5 Å². The summed E-state index contributed by atoms with van der Waals surface area (Å²) < 4.78 is 5.19. The monoisotopic (exact) mass is 253 g/mol. The highest BCUT2D eigenvalue weighted by molar-refractivity contribution is 5.67. The molecule has 2 heterocycles. The number of nitrogens with zero attached hydrogens (tertiary/aromatic N) is 3. The fourth-order valence-electron chi connectivity index (χ4n) is 2.23. The minimum atomic E-state index is -0.721. The smallest absolute Gasteiger partial charge is 0.303 e. The van der Waals surface area contributed by atoms with Crippen molar-refractivity contribution in [3.63, 3.8) is 0 Å². The van der Waals surface area contributed by atoms with Crippen LogP contribution in [0.3, 0.4) is 0 Å². The normalized spacial score (nSPS) is 20.7. The average molecular weight is 253 g/mol. The molecular weight excluding hydrogens is 234 g/mol. The van der Waals surface area contributed by atoms with Gasteiger partial charge in [0, 0.05) is 18.9 Å². The van der Waals surface area contributed by atoms with Gasteiger partial charge in [0.1, 0.15) is 0 Å². The Bertz CT molecular complexity index is 416. The molecule has 0 saturated carbocycles. The van der Waals surface area contributed by atoms with E-state index in [0.717, 1.165) is 25.3 Å². The van der Waals surface area contributed by atoms with Crippen LogP contribution in [0.1, 0.15) is 44.3 Å². The number of aliphatic carboxylic acids is 1. The third kappa shape index (κ3) is 3.29. The molecule has 100 valence electrons. The van der Waals surface area contributed by atoms with Crippen molar-refractivity contribution in [3.05, 3.63) is 11.7 Å². The van der Waals surface area contributed by atoms with E-state index in [1.165, 1.54) is 0 Å². The maximum absolute atomic E-state index is 10.6. The van der Waals surface area contributed by atoms with Crippen LogP contribution < -0.4 is 0 Å². The maximum atomic E-state index is 10.6. The largest absolute Gasteiger partial charge is 0.481 e. The number of rotatable bonds is 5. The summed E-state index contributed by atoms with van der Waals surface area (Å²) in [6, 6.07) is 0. The molecule has 1 N–H and O–H groups in total. The quantitative estimate of drug-likeness (QED) is 0.856. The molecule has 1 aromatic rings. The van der Waals surface area contributed by atoms with E-state index in [9.17, 15) is 4.79 Å². The third-order valence-corrected chi connectivity index (χ3v) is 3.19. The van der Waals surface area contributed by atoms with Crippen LogP contribution in [0.5, 0.6) is 0 Å². The Balaban J connectivity index is 1.85. The van der Waals surface area contributed by atoms with Gasteiger partial charge in [-0.15, -0.1) is 0 Å². The molecular formula is C12H19N3O3. The number of hydrogen-bond donors (Lipinski definition) is 1. The predicted molar refractivity (Wildman–Crippen MR) is 64.0 cm³/mol. The highest BCUT2D eigenvalue weighted by Crippen LogP contribution is 2.21. The van der Waals surface area contributed by atoms with E-state index >= 15 is 0 Å². The highest BCUT2D eigenvalue weighted by Gasteiger charge is 2.25. The van der Waals surface area contributed by atoms with Crippen molar-refractivity contribution < 1.29 is 14.4 Å². The number of likely N-dealkylation sites (tertiary alicyclic amines) is 1. The standard InChI is InChI=1S/C12H19N3O3/c1-8(2)12-13-10(18-14-12)7-15-4-3-9(6-15)5-11(16)17/h8-9H,3-7H2,1-2H3,(H,16,17). The molecule has 6 heteroatoms. The molecule has 0 amide bonds. The van der Waals surface area contributed by atoms with Crippen molar-refractivity contribution in [2.24, 2.45) is 5.92 Å². The third-order valence-electron chi connectivity index (χ3n) is 3.19. The molecule has 1 atom stereocenters. The zero-order valence-corrected chi connectivity index (χ0v) is 10.8. The van der Waals surface area contributed by atoms with Gasteiger partial charge in [-0.1, -0.05) is 19.0 Å². The molecule has 1 fully saturated rings. The molecule has 0 aliphatic carbocycles. The molecule has 0 aromatic carbocycles. The average Bonchev–Trinajstić information content (AvgIpc) is 2.88. The lowest BCUT2D eigenvalue weighted by atomic mass is 10.1. The Labute approximate surface area is 106 Å². The van der Waals surface area contributed by atoms with Crippen molar-refractivity contribution in [2.45, 2.75) is 39.2 Å². The number of carboxylic acid groups (broad SMARTS) is 1. The fourth-order valence-corrected chi connectivity index (χ4v) is 2.23. The van der Waals surface area contributed by atoms with E-state index in [2.05, 4.69) is 15.0 Å². The van der Waals surface area contributed by atoms with E-state index in [-0.39, 0.29) is 18.3 Å². The lowest BCUT2D eigenvalue weighted by Crippen LogP contribution is -2.21. The van der Waals surface area contributed by atoms with E-state index in [1.54, 1.807) is 0 Å². The fraction of sp³-hybridized carbons (Fsp3) is 0.750. The summed E-state index contributed by atoms with van der Waals surface area (Å²) in [6.07, 6.45) is 1.18. The van der Waals surface area contributed by atoms with Crippen LogP contribution in [0, 0.1) is 5.92 Å². The molecule has 18 heavy (non-hydrogen) atoms. The second-order valence-corrected chi connectivity index (χ2v) is 5.19. The van der Waals surface area contributed by atoms with E-state index in [1.807, 2.05) is 13.8 Å². The second-order valence-electron chi connectivity index (χ2n) is 5.19. The first-order valence-corrected chi connectivity index (χ1v) is 6.31. The van der Waals surface area contributed by atoms with Crippen LogP contribution in [-0.4, -0.2) is 39.2 Å². The van der Waals surface area contributed by atoms with Crippen LogP contribution in [0.25, 0.3) is 0 Å². The zero-order valence-electron chi connectivity index (χ0n) is 10.8. The summed E-state index contributed by atoms with van der Waals surface area (Å²) in [5.41, 5.74) is 0. The van der Waals surface area contributed by atoms with Gasteiger partial charge in [-0.2, -0.15) is 4.98 Å². The molecule has 1 saturated heterocycles. The van der Waals surface area contributed by atoms with Crippen molar-refractivity contribution in [1.82, 2.24) is 15.0 Å². The summed E-state index contributed by atoms with van der Waals surface area (Å²) in [7, 11) is 0. The van der Waals surface area contributed by atoms with E-state index in [0.29, 0.717) is 12.4 Å². The van der Waals surface area contributed by atoms with Crippen LogP contribution >= 0.6 is 0 Å². The molecule has 2 rings (SSSR count). The minimum absolute atomic E-state index is 0.245. The summed E-state index contributed by atoms with van der Waals surface area (Å²) >= 11 is 0. The van der Waals surface area contributed by atoms with Gasteiger partial charge in [0.25, 0.3) is 0 Å². The summed E-state index contributed by atoms with van der Waals surface area (Å²) in [4.78, 5) is 17.1. The lowest BCUT2D eigenvalue weighted by molar-refractivity contribution is -0.138. The summed E-state index contributed by atoms with van der Waals surface area (Å²) in [6.45, 7) is 6.36.